The van der Waals surface area contributed by atoms with Crippen LogP contribution >= 0.6 is 11.6 Å². The highest BCUT2D eigenvalue weighted by Crippen LogP contribution is 2.35. The van der Waals surface area contributed by atoms with E-state index in [4.69, 9.17) is 21.1 Å². The third-order valence-electron chi connectivity index (χ3n) is 3.88. The van der Waals surface area contributed by atoms with Gasteiger partial charge in [-0.05, 0) is 36.4 Å². The predicted molar refractivity (Wildman–Crippen MR) is 95.0 cm³/mol. The summed E-state index contributed by atoms with van der Waals surface area (Å²) in [6, 6.07) is 12.0. The zero-order valence-corrected chi connectivity index (χ0v) is 14.3. The largest absolute Gasteiger partial charge is 0.505 e. The van der Waals surface area contributed by atoms with Crippen molar-refractivity contribution in [3.8, 4) is 17.2 Å². The molecule has 0 saturated carbocycles. The molecule has 2 aromatic carbocycles. The number of pyridine rings is 1. The van der Waals surface area contributed by atoms with E-state index in [9.17, 15) is 9.90 Å². The average molecular weight is 370 g/mol. The molecule has 4 rings (SSSR count). The molecule has 0 aliphatic carbocycles. The van der Waals surface area contributed by atoms with Gasteiger partial charge in [-0.3, -0.25) is 0 Å². The molecule has 26 heavy (non-hydrogen) atoms. The third kappa shape index (κ3) is 2.58. The van der Waals surface area contributed by atoms with Gasteiger partial charge >= 0.3 is 5.97 Å². The molecule has 0 fully saturated rings. The van der Waals surface area contributed by atoms with E-state index in [0.717, 1.165) is 0 Å². The summed E-state index contributed by atoms with van der Waals surface area (Å²) < 4.78 is 11.8. The van der Waals surface area contributed by atoms with Crippen LogP contribution in [-0.2, 0) is 4.74 Å². The first-order valence-electron chi connectivity index (χ1n) is 7.58. The minimum Gasteiger partial charge on any atom is -0.505 e. The van der Waals surface area contributed by atoms with Crippen molar-refractivity contribution in [1.82, 2.24) is 14.6 Å². The van der Waals surface area contributed by atoms with Crippen molar-refractivity contribution in [2.24, 2.45) is 0 Å². The topological polar surface area (TPSA) is 86.0 Å². The number of hydrogen-bond donors (Lipinski definition) is 1. The lowest BCUT2D eigenvalue weighted by molar-refractivity contribution is 0.0587. The van der Waals surface area contributed by atoms with E-state index in [0.29, 0.717) is 32.9 Å². The molecule has 0 unspecified atom stereocenters. The first kappa shape index (κ1) is 16.2. The molecule has 1 N–H and O–H groups in total. The Labute approximate surface area is 152 Å². The van der Waals surface area contributed by atoms with Gasteiger partial charge in [-0.2, -0.15) is 5.10 Å². The normalized spacial score (nSPS) is 11.0. The standard InChI is InChI=1S/C18H12ClN3O4/c1-25-18(24)15-16(23)13-6-5-12(26-11-4-2-3-10(19)7-11)8-14(13)17-20-9-21-22(15)17/h2-9,23H,1H3. The maximum Gasteiger partial charge on any atom is 0.360 e. The van der Waals surface area contributed by atoms with Crippen molar-refractivity contribution >= 4 is 34.0 Å². The molecule has 7 nitrogen and oxygen atoms in total. The van der Waals surface area contributed by atoms with E-state index in [1.165, 1.54) is 18.0 Å². The molecule has 130 valence electrons. The van der Waals surface area contributed by atoms with E-state index in [1.54, 1.807) is 42.5 Å². The molecule has 0 bridgehead atoms. The van der Waals surface area contributed by atoms with Crippen molar-refractivity contribution in [2.45, 2.75) is 0 Å². The molecule has 0 radical (unpaired) electrons. The van der Waals surface area contributed by atoms with E-state index >= 15 is 0 Å². The fourth-order valence-electron chi connectivity index (χ4n) is 2.74. The molecular formula is C18H12ClN3O4. The molecule has 4 aromatic rings. The number of carbonyl (C=O) groups excluding carboxylic acids is 1. The summed E-state index contributed by atoms with van der Waals surface area (Å²) in [7, 11) is 1.23. The van der Waals surface area contributed by atoms with Crippen LogP contribution in [0.1, 0.15) is 10.5 Å². The van der Waals surface area contributed by atoms with E-state index in [1.807, 2.05) is 0 Å². The maximum absolute atomic E-state index is 12.0. The van der Waals surface area contributed by atoms with Crippen LogP contribution in [-0.4, -0.2) is 32.8 Å². The van der Waals surface area contributed by atoms with Crippen molar-refractivity contribution in [3.63, 3.8) is 0 Å². The van der Waals surface area contributed by atoms with Crippen molar-refractivity contribution in [2.75, 3.05) is 7.11 Å². The number of ether oxygens (including phenoxy) is 2. The number of carbonyl (C=O) groups is 1. The maximum atomic E-state index is 12.0. The summed E-state index contributed by atoms with van der Waals surface area (Å²) in [6.07, 6.45) is 1.30. The van der Waals surface area contributed by atoms with Gasteiger partial charge in [-0.15, -0.1) is 0 Å². The number of methoxy groups -OCH3 is 1. The van der Waals surface area contributed by atoms with E-state index < -0.39 is 5.97 Å². The van der Waals surface area contributed by atoms with Crippen LogP contribution in [0.5, 0.6) is 17.2 Å². The van der Waals surface area contributed by atoms with Crippen LogP contribution < -0.4 is 4.74 Å². The number of fused-ring (bicyclic) bond motifs is 3. The quantitative estimate of drug-likeness (QED) is 0.552. The average Bonchev–Trinajstić information content (AvgIpc) is 3.11. The summed E-state index contributed by atoms with van der Waals surface area (Å²) in [4.78, 5) is 16.2. The molecule has 8 heteroatoms. The van der Waals surface area contributed by atoms with Crippen LogP contribution in [0.3, 0.4) is 0 Å². The first-order chi connectivity index (χ1) is 12.6. The number of rotatable bonds is 3. The third-order valence-corrected chi connectivity index (χ3v) is 4.12. The monoisotopic (exact) mass is 369 g/mol. The van der Waals surface area contributed by atoms with Gasteiger partial charge in [0.05, 0.1) is 7.11 Å². The summed E-state index contributed by atoms with van der Waals surface area (Å²) in [5, 5.41) is 16.1. The number of nitrogens with zero attached hydrogens (tertiary/aromatic N) is 3. The van der Waals surface area contributed by atoms with Gasteiger partial charge in [0, 0.05) is 15.8 Å². The number of hydrogen-bond acceptors (Lipinski definition) is 6. The Morgan fingerprint density at radius 1 is 1.15 bits per heavy atom. The number of aromatic nitrogens is 3. The molecule has 0 aliphatic rings. The SMILES string of the molecule is COC(=O)c1c(O)c2ccc(Oc3cccc(Cl)c3)cc2c2ncnn12. The van der Waals surface area contributed by atoms with Gasteiger partial charge in [0.2, 0.25) is 0 Å². The van der Waals surface area contributed by atoms with Crippen LogP contribution in [0.25, 0.3) is 16.4 Å². The van der Waals surface area contributed by atoms with E-state index in [-0.39, 0.29) is 11.4 Å². The van der Waals surface area contributed by atoms with Gasteiger partial charge in [0.15, 0.2) is 17.1 Å². The Morgan fingerprint density at radius 2 is 1.96 bits per heavy atom. The lowest BCUT2D eigenvalue weighted by Gasteiger charge is -2.11. The lowest BCUT2D eigenvalue weighted by atomic mass is 10.1. The summed E-state index contributed by atoms with van der Waals surface area (Å²) >= 11 is 5.97. The fraction of sp³-hybridized carbons (Fsp3) is 0.0556. The Hall–Kier alpha value is -3.32. The van der Waals surface area contributed by atoms with Crippen molar-refractivity contribution < 1.29 is 19.4 Å². The lowest BCUT2D eigenvalue weighted by Crippen LogP contribution is -2.10. The smallest absolute Gasteiger partial charge is 0.360 e. The van der Waals surface area contributed by atoms with Crippen molar-refractivity contribution in [1.29, 1.82) is 0 Å². The number of benzene rings is 2. The Bertz CT molecular complexity index is 1160. The molecule has 0 aliphatic heterocycles. The first-order valence-corrected chi connectivity index (χ1v) is 7.96. The highest BCUT2D eigenvalue weighted by molar-refractivity contribution is 6.30. The second kappa shape index (κ2) is 6.20. The summed E-state index contributed by atoms with van der Waals surface area (Å²) in [5.74, 6) is 0.151. The van der Waals surface area contributed by atoms with Crippen LogP contribution in [0.2, 0.25) is 5.02 Å². The second-order valence-corrected chi connectivity index (χ2v) is 5.89. The van der Waals surface area contributed by atoms with Gasteiger partial charge in [-0.25, -0.2) is 14.3 Å². The van der Waals surface area contributed by atoms with E-state index in [2.05, 4.69) is 10.1 Å². The fourth-order valence-corrected chi connectivity index (χ4v) is 2.92. The van der Waals surface area contributed by atoms with Crippen molar-refractivity contribution in [3.05, 3.63) is 59.5 Å². The minimum atomic E-state index is -0.709. The van der Waals surface area contributed by atoms with Gasteiger partial charge in [0.1, 0.15) is 17.8 Å². The molecule has 0 atom stereocenters. The molecule has 2 aromatic heterocycles. The van der Waals surface area contributed by atoms with Gasteiger partial charge in [0.25, 0.3) is 0 Å². The van der Waals surface area contributed by atoms with Gasteiger partial charge in [-0.1, -0.05) is 17.7 Å². The summed E-state index contributed by atoms with van der Waals surface area (Å²) in [5.41, 5.74) is 0.311. The molecule has 2 heterocycles. The van der Waals surface area contributed by atoms with Gasteiger partial charge < -0.3 is 14.6 Å². The zero-order chi connectivity index (χ0) is 18.3. The predicted octanol–water partition coefficient (Wildman–Crippen LogP) is 3.82. The number of esters is 1. The zero-order valence-electron chi connectivity index (χ0n) is 13.5. The van der Waals surface area contributed by atoms with Crippen LogP contribution in [0.4, 0.5) is 0 Å². The summed E-state index contributed by atoms with van der Waals surface area (Å²) in [6.45, 7) is 0. The Morgan fingerprint density at radius 3 is 2.73 bits per heavy atom. The molecular weight excluding hydrogens is 358 g/mol. The van der Waals surface area contributed by atoms with Crippen LogP contribution in [0.15, 0.2) is 48.8 Å². The number of halogens is 1. The Balaban J connectivity index is 1.90. The second-order valence-electron chi connectivity index (χ2n) is 5.45. The highest BCUT2D eigenvalue weighted by Gasteiger charge is 2.22. The highest BCUT2D eigenvalue weighted by atomic mass is 35.5. The molecule has 0 amide bonds. The minimum absolute atomic E-state index is 0.0870. The number of aromatic hydroxyl groups is 1. The molecule has 0 saturated heterocycles. The Kier molecular flexibility index (Phi) is 3.85. The van der Waals surface area contributed by atoms with Crippen LogP contribution in [0, 0.1) is 0 Å². The molecule has 0 spiro atoms.